The van der Waals surface area contributed by atoms with Crippen molar-refractivity contribution in [3.05, 3.63) is 52.8 Å². The summed E-state index contributed by atoms with van der Waals surface area (Å²) in [6, 6.07) is 9.28. The van der Waals surface area contributed by atoms with Gasteiger partial charge in [-0.1, -0.05) is 12.1 Å². The van der Waals surface area contributed by atoms with Gasteiger partial charge in [0.2, 0.25) is 0 Å². The second-order valence-corrected chi connectivity index (χ2v) is 7.24. The Morgan fingerprint density at radius 2 is 1.86 bits per heavy atom. The molecule has 2 aromatic rings. The van der Waals surface area contributed by atoms with Crippen LogP contribution in [0.1, 0.15) is 47.1 Å². The highest BCUT2D eigenvalue weighted by atomic mass is 16.5. The van der Waals surface area contributed by atoms with Gasteiger partial charge in [-0.25, -0.2) is 9.59 Å². The fourth-order valence-electron chi connectivity index (χ4n) is 3.07. The molecule has 0 radical (unpaired) electrons. The van der Waals surface area contributed by atoms with E-state index in [4.69, 9.17) is 4.74 Å². The molecule has 1 unspecified atom stereocenters. The zero-order valence-corrected chi connectivity index (χ0v) is 16.5. The van der Waals surface area contributed by atoms with Crippen LogP contribution in [0.4, 0.5) is 4.79 Å². The van der Waals surface area contributed by atoms with E-state index in [0.717, 1.165) is 35.5 Å². The number of carbonyl (C=O) groups is 3. The quantitative estimate of drug-likeness (QED) is 0.777. The van der Waals surface area contributed by atoms with Gasteiger partial charge >= 0.3 is 12.0 Å². The molecule has 1 aromatic heterocycles. The molecule has 148 valence electrons. The van der Waals surface area contributed by atoms with Crippen LogP contribution in [-0.2, 0) is 9.53 Å². The van der Waals surface area contributed by atoms with Crippen molar-refractivity contribution >= 4 is 17.9 Å². The van der Waals surface area contributed by atoms with Gasteiger partial charge in [-0.05, 0) is 64.3 Å². The molecular formula is C21H25N3O4. The Bertz CT molecular complexity index is 928. The Balaban J connectivity index is 1.69. The number of nitrogens with zero attached hydrogens (tertiary/aromatic N) is 1. The lowest BCUT2D eigenvalue weighted by Gasteiger charge is -2.14. The molecule has 1 fully saturated rings. The van der Waals surface area contributed by atoms with Crippen molar-refractivity contribution in [1.29, 1.82) is 0 Å². The molecule has 7 nitrogen and oxygen atoms in total. The number of benzene rings is 1. The topological polar surface area (TPSA) is 89.4 Å². The van der Waals surface area contributed by atoms with Gasteiger partial charge in [-0.3, -0.25) is 10.1 Å². The number of carbonyl (C=O) groups excluding carboxylic acids is 3. The van der Waals surface area contributed by atoms with Gasteiger partial charge in [0.05, 0.1) is 5.56 Å². The van der Waals surface area contributed by atoms with E-state index in [1.54, 1.807) is 6.07 Å². The molecule has 3 amide bonds. The number of aromatic nitrogens is 1. The van der Waals surface area contributed by atoms with Crippen molar-refractivity contribution in [2.45, 2.75) is 52.7 Å². The molecule has 1 saturated carbocycles. The van der Waals surface area contributed by atoms with Gasteiger partial charge in [-0.15, -0.1) is 0 Å². The highest BCUT2D eigenvalue weighted by Crippen LogP contribution is 2.22. The lowest BCUT2D eigenvalue weighted by molar-refractivity contribution is -0.127. The van der Waals surface area contributed by atoms with Crippen LogP contribution in [0.25, 0.3) is 5.69 Å². The van der Waals surface area contributed by atoms with E-state index in [1.807, 2.05) is 49.6 Å². The molecule has 1 aliphatic carbocycles. The molecule has 1 atom stereocenters. The first-order valence-electron chi connectivity index (χ1n) is 9.34. The molecular weight excluding hydrogens is 358 g/mol. The average molecular weight is 383 g/mol. The number of esters is 1. The molecule has 1 heterocycles. The normalized spacial score (nSPS) is 14.3. The van der Waals surface area contributed by atoms with Gasteiger partial charge in [0.15, 0.2) is 6.10 Å². The van der Waals surface area contributed by atoms with E-state index < -0.39 is 24.0 Å². The third kappa shape index (κ3) is 4.42. The highest BCUT2D eigenvalue weighted by molar-refractivity contribution is 5.99. The van der Waals surface area contributed by atoms with Crippen LogP contribution in [0.2, 0.25) is 0 Å². The Morgan fingerprint density at radius 3 is 2.50 bits per heavy atom. The second-order valence-electron chi connectivity index (χ2n) is 7.24. The molecule has 28 heavy (non-hydrogen) atoms. The summed E-state index contributed by atoms with van der Waals surface area (Å²) in [5.74, 6) is -1.25. The molecule has 0 saturated heterocycles. The summed E-state index contributed by atoms with van der Waals surface area (Å²) in [6.45, 7) is 7.19. The van der Waals surface area contributed by atoms with Crippen molar-refractivity contribution < 1.29 is 19.1 Å². The lowest BCUT2D eigenvalue weighted by Crippen LogP contribution is -2.45. The van der Waals surface area contributed by atoms with Gasteiger partial charge < -0.3 is 14.6 Å². The largest absolute Gasteiger partial charge is 0.449 e. The van der Waals surface area contributed by atoms with E-state index >= 15 is 0 Å². The van der Waals surface area contributed by atoms with E-state index in [0.29, 0.717) is 5.56 Å². The number of hydrogen-bond donors (Lipinski definition) is 2. The summed E-state index contributed by atoms with van der Waals surface area (Å²) in [4.78, 5) is 36.3. The Labute approximate surface area is 164 Å². The smallest absolute Gasteiger partial charge is 0.340 e. The first-order chi connectivity index (χ1) is 13.3. The van der Waals surface area contributed by atoms with E-state index in [-0.39, 0.29) is 6.04 Å². The maximum Gasteiger partial charge on any atom is 0.340 e. The minimum Gasteiger partial charge on any atom is -0.449 e. The molecule has 0 bridgehead atoms. The van der Waals surface area contributed by atoms with Crippen LogP contribution in [0, 0.1) is 20.8 Å². The summed E-state index contributed by atoms with van der Waals surface area (Å²) < 4.78 is 7.25. The summed E-state index contributed by atoms with van der Waals surface area (Å²) in [6.07, 6.45) is 0.755. The van der Waals surface area contributed by atoms with Crippen molar-refractivity contribution in [2.75, 3.05) is 0 Å². The number of urea groups is 1. The number of rotatable bonds is 5. The minimum atomic E-state index is -1.08. The van der Waals surface area contributed by atoms with Crippen LogP contribution < -0.4 is 10.6 Å². The zero-order chi connectivity index (χ0) is 20.4. The van der Waals surface area contributed by atoms with Gasteiger partial charge in [0, 0.05) is 23.1 Å². The SMILES string of the molecule is Cc1cccc(-n2c(C)cc(C(=O)OC(C)C(=O)NC(=O)NC3CC3)c2C)c1. The molecule has 2 N–H and O–H groups in total. The third-order valence-corrected chi connectivity index (χ3v) is 4.71. The number of hydrogen-bond acceptors (Lipinski definition) is 4. The second kappa shape index (κ2) is 7.88. The van der Waals surface area contributed by atoms with Crippen LogP contribution in [0.3, 0.4) is 0 Å². The Morgan fingerprint density at radius 1 is 1.14 bits per heavy atom. The zero-order valence-electron chi connectivity index (χ0n) is 16.5. The van der Waals surface area contributed by atoms with Gasteiger partial charge in [0.1, 0.15) is 0 Å². The van der Waals surface area contributed by atoms with Crippen molar-refractivity contribution in [1.82, 2.24) is 15.2 Å². The van der Waals surface area contributed by atoms with Crippen molar-refractivity contribution in [2.24, 2.45) is 0 Å². The predicted octanol–water partition coefficient (Wildman–Crippen LogP) is 2.94. The predicted molar refractivity (Wildman–Crippen MR) is 105 cm³/mol. The number of amides is 3. The first kappa shape index (κ1) is 19.7. The summed E-state index contributed by atoms with van der Waals surface area (Å²) in [5.41, 5.74) is 4.07. The van der Waals surface area contributed by atoms with Gasteiger partial charge in [-0.2, -0.15) is 0 Å². The number of imide groups is 1. The maximum absolute atomic E-state index is 12.6. The first-order valence-corrected chi connectivity index (χ1v) is 9.34. The van der Waals surface area contributed by atoms with Gasteiger partial charge in [0.25, 0.3) is 5.91 Å². The summed E-state index contributed by atoms with van der Waals surface area (Å²) >= 11 is 0. The average Bonchev–Trinajstić information content (AvgIpc) is 3.37. The van der Waals surface area contributed by atoms with Crippen LogP contribution in [-0.4, -0.2) is 34.6 Å². The van der Waals surface area contributed by atoms with Crippen molar-refractivity contribution in [3.63, 3.8) is 0 Å². The number of ether oxygens (including phenoxy) is 1. The minimum absolute atomic E-state index is 0.137. The maximum atomic E-state index is 12.6. The van der Waals surface area contributed by atoms with Crippen molar-refractivity contribution in [3.8, 4) is 5.69 Å². The van der Waals surface area contributed by atoms with E-state index in [2.05, 4.69) is 10.6 Å². The summed E-state index contributed by atoms with van der Waals surface area (Å²) in [5, 5.41) is 4.85. The fourth-order valence-corrected chi connectivity index (χ4v) is 3.07. The fraction of sp³-hybridized carbons (Fsp3) is 0.381. The summed E-state index contributed by atoms with van der Waals surface area (Å²) in [7, 11) is 0. The highest BCUT2D eigenvalue weighted by Gasteiger charge is 2.27. The van der Waals surface area contributed by atoms with Crippen LogP contribution >= 0.6 is 0 Å². The van der Waals surface area contributed by atoms with Crippen LogP contribution in [0.5, 0.6) is 0 Å². The van der Waals surface area contributed by atoms with E-state index in [9.17, 15) is 14.4 Å². The Hall–Kier alpha value is -3.09. The van der Waals surface area contributed by atoms with E-state index in [1.165, 1.54) is 6.92 Å². The third-order valence-electron chi connectivity index (χ3n) is 4.71. The lowest BCUT2D eigenvalue weighted by atomic mass is 10.2. The molecule has 3 rings (SSSR count). The molecule has 1 aromatic carbocycles. The van der Waals surface area contributed by atoms with Crippen LogP contribution in [0.15, 0.2) is 30.3 Å². The molecule has 1 aliphatic rings. The molecule has 0 spiro atoms. The standard InChI is InChI=1S/C21H25N3O4/c1-12-6-5-7-17(10-12)24-13(2)11-18(14(24)3)20(26)28-15(4)19(25)23-21(27)22-16-8-9-16/h5-7,10-11,15-16H,8-9H2,1-4H3,(H2,22,23,25,27). The molecule has 0 aliphatic heterocycles. The molecule has 7 heteroatoms. The Kier molecular flexibility index (Phi) is 5.53. The number of nitrogens with one attached hydrogen (secondary N) is 2. The number of aryl methyl sites for hydroxylation is 2. The monoisotopic (exact) mass is 383 g/mol.